The number of carbonyl (C=O) groups is 1. The Hall–Kier alpha value is -3.00. The van der Waals surface area contributed by atoms with E-state index in [1.165, 1.54) is 12.1 Å². The molecule has 0 radical (unpaired) electrons. The van der Waals surface area contributed by atoms with Gasteiger partial charge in [0.25, 0.3) is 10.0 Å². The highest BCUT2D eigenvalue weighted by atomic mass is 32.2. The summed E-state index contributed by atoms with van der Waals surface area (Å²) in [7, 11) is -3.80. The SMILES string of the molecule is CCOC(=O)c1c(C)oc2ccc(NS(=O)(=O)c3ccc(OCC)cc3)cc12. The summed E-state index contributed by atoms with van der Waals surface area (Å²) in [5.41, 5.74) is 1.08. The van der Waals surface area contributed by atoms with Gasteiger partial charge in [-0.1, -0.05) is 0 Å². The minimum absolute atomic E-state index is 0.102. The summed E-state index contributed by atoms with van der Waals surface area (Å²) in [5.74, 6) is 0.501. The number of sulfonamides is 1. The van der Waals surface area contributed by atoms with Crippen LogP contribution in [0.1, 0.15) is 30.0 Å². The molecular formula is C20H21NO6S. The molecule has 0 aliphatic carbocycles. The maximum atomic E-state index is 12.7. The number of nitrogens with one attached hydrogen (secondary N) is 1. The molecule has 0 atom stereocenters. The van der Waals surface area contributed by atoms with Gasteiger partial charge < -0.3 is 13.9 Å². The Kier molecular flexibility index (Phi) is 5.60. The summed E-state index contributed by atoms with van der Waals surface area (Å²) < 4.78 is 43.8. The lowest BCUT2D eigenvalue weighted by Gasteiger charge is -2.09. The second kappa shape index (κ2) is 7.93. The molecule has 0 amide bonds. The molecule has 2 aromatic carbocycles. The van der Waals surface area contributed by atoms with Crippen LogP contribution >= 0.6 is 0 Å². The van der Waals surface area contributed by atoms with E-state index in [-0.39, 0.29) is 11.5 Å². The third-order valence-corrected chi connectivity index (χ3v) is 5.44. The van der Waals surface area contributed by atoms with Gasteiger partial charge >= 0.3 is 5.97 Å². The molecule has 148 valence electrons. The summed E-state index contributed by atoms with van der Waals surface area (Å²) >= 11 is 0. The number of anilines is 1. The number of aryl methyl sites for hydroxylation is 1. The van der Waals surface area contributed by atoms with Crippen LogP contribution < -0.4 is 9.46 Å². The van der Waals surface area contributed by atoms with Crippen molar-refractivity contribution in [3.8, 4) is 5.75 Å². The molecule has 28 heavy (non-hydrogen) atoms. The van der Waals surface area contributed by atoms with Crippen LogP contribution in [0.25, 0.3) is 11.0 Å². The van der Waals surface area contributed by atoms with Crippen LogP contribution in [0.3, 0.4) is 0 Å². The van der Waals surface area contributed by atoms with E-state index in [9.17, 15) is 13.2 Å². The predicted octanol–water partition coefficient (Wildman–Crippen LogP) is 4.12. The molecule has 7 nitrogen and oxygen atoms in total. The quantitative estimate of drug-likeness (QED) is 0.597. The summed E-state index contributed by atoms with van der Waals surface area (Å²) in [4.78, 5) is 12.3. The Morgan fingerprint density at radius 3 is 2.43 bits per heavy atom. The van der Waals surface area contributed by atoms with Crippen molar-refractivity contribution < 1.29 is 27.1 Å². The van der Waals surface area contributed by atoms with Gasteiger partial charge in [0.15, 0.2) is 0 Å². The fourth-order valence-corrected chi connectivity index (χ4v) is 3.89. The Morgan fingerprint density at radius 2 is 1.79 bits per heavy atom. The highest BCUT2D eigenvalue weighted by Gasteiger charge is 2.21. The monoisotopic (exact) mass is 403 g/mol. The number of hydrogen-bond donors (Lipinski definition) is 1. The lowest BCUT2D eigenvalue weighted by Crippen LogP contribution is -2.13. The standard InChI is InChI=1S/C20H21NO6S/c1-4-25-15-7-9-16(10-8-15)28(23,24)21-14-6-11-18-17(12-14)19(13(3)27-18)20(22)26-5-2/h6-12,21H,4-5H2,1-3H3. The fourth-order valence-electron chi connectivity index (χ4n) is 2.84. The van der Waals surface area contributed by atoms with E-state index >= 15 is 0 Å². The third kappa shape index (κ3) is 3.96. The van der Waals surface area contributed by atoms with Gasteiger partial charge in [-0.25, -0.2) is 13.2 Å². The molecule has 0 bridgehead atoms. The molecule has 1 heterocycles. The molecule has 0 saturated heterocycles. The molecule has 0 saturated carbocycles. The van der Waals surface area contributed by atoms with Crippen LogP contribution in [0.15, 0.2) is 51.8 Å². The number of carbonyl (C=O) groups excluding carboxylic acids is 1. The minimum atomic E-state index is -3.80. The van der Waals surface area contributed by atoms with Crippen molar-refractivity contribution in [1.29, 1.82) is 0 Å². The van der Waals surface area contributed by atoms with E-state index in [1.54, 1.807) is 44.2 Å². The van der Waals surface area contributed by atoms with Crippen molar-refractivity contribution in [3.05, 3.63) is 53.8 Å². The zero-order chi connectivity index (χ0) is 20.3. The minimum Gasteiger partial charge on any atom is -0.494 e. The van der Waals surface area contributed by atoms with Crippen molar-refractivity contribution in [3.63, 3.8) is 0 Å². The lowest BCUT2D eigenvalue weighted by molar-refractivity contribution is 0.0526. The lowest BCUT2D eigenvalue weighted by atomic mass is 10.1. The van der Waals surface area contributed by atoms with E-state index in [1.807, 2.05) is 6.92 Å². The zero-order valence-electron chi connectivity index (χ0n) is 15.8. The molecule has 8 heteroatoms. The van der Waals surface area contributed by atoms with Crippen LogP contribution in [-0.4, -0.2) is 27.6 Å². The smallest absolute Gasteiger partial charge is 0.342 e. The maximum absolute atomic E-state index is 12.7. The van der Waals surface area contributed by atoms with Gasteiger partial charge in [-0.2, -0.15) is 0 Å². The molecule has 1 aromatic heterocycles. The number of rotatable bonds is 7. The number of esters is 1. The number of hydrogen-bond acceptors (Lipinski definition) is 6. The summed E-state index contributed by atoms with van der Waals surface area (Å²) in [6.07, 6.45) is 0. The topological polar surface area (TPSA) is 94.8 Å². The summed E-state index contributed by atoms with van der Waals surface area (Å²) in [6.45, 7) is 5.96. The van der Waals surface area contributed by atoms with Crippen molar-refractivity contribution >= 4 is 32.6 Å². The highest BCUT2D eigenvalue weighted by molar-refractivity contribution is 7.92. The van der Waals surface area contributed by atoms with Crippen LogP contribution in [0.5, 0.6) is 5.75 Å². The first-order valence-electron chi connectivity index (χ1n) is 8.81. The van der Waals surface area contributed by atoms with Gasteiger partial charge in [-0.15, -0.1) is 0 Å². The average molecular weight is 403 g/mol. The van der Waals surface area contributed by atoms with Crippen LogP contribution in [0, 0.1) is 6.92 Å². The molecule has 1 N–H and O–H groups in total. The number of furan rings is 1. The van der Waals surface area contributed by atoms with Crippen molar-refractivity contribution in [2.75, 3.05) is 17.9 Å². The number of benzene rings is 2. The molecule has 3 aromatic rings. The third-order valence-electron chi connectivity index (χ3n) is 4.04. The van der Waals surface area contributed by atoms with Gasteiger partial charge in [0.2, 0.25) is 0 Å². The van der Waals surface area contributed by atoms with Gasteiger partial charge in [0, 0.05) is 11.1 Å². The molecule has 3 rings (SSSR count). The molecule has 0 spiro atoms. The van der Waals surface area contributed by atoms with E-state index < -0.39 is 16.0 Å². The molecule has 0 fully saturated rings. The first-order valence-corrected chi connectivity index (χ1v) is 10.3. The van der Waals surface area contributed by atoms with E-state index in [0.717, 1.165) is 0 Å². The second-order valence-electron chi connectivity index (χ2n) is 5.97. The van der Waals surface area contributed by atoms with Gasteiger partial charge in [-0.3, -0.25) is 4.72 Å². The van der Waals surface area contributed by atoms with Crippen molar-refractivity contribution in [2.24, 2.45) is 0 Å². The van der Waals surface area contributed by atoms with Gasteiger partial charge in [-0.05, 0) is 63.2 Å². The van der Waals surface area contributed by atoms with E-state index in [0.29, 0.717) is 40.3 Å². The average Bonchev–Trinajstić information content (AvgIpc) is 2.97. The van der Waals surface area contributed by atoms with Crippen molar-refractivity contribution in [2.45, 2.75) is 25.7 Å². The first kappa shape index (κ1) is 19.8. The first-order chi connectivity index (χ1) is 13.4. The van der Waals surface area contributed by atoms with Gasteiger partial charge in [0.1, 0.15) is 22.7 Å². The molecular weight excluding hydrogens is 382 g/mol. The predicted molar refractivity (Wildman–Crippen MR) is 105 cm³/mol. The summed E-state index contributed by atoms with van der Waals surface area (Å²) in [5, 5.41) is 0.489. The van der Waals surface area contributed by atoms with Crippen LogP contribution in [-0.2, 0) is 14.8 Å². The fraction of sp³-hybridized carbons (Fsp3) is 0.250. The Morgan fingerprint density at radius 1 is 1.07 bits per heavy atom. The normalized spacial score (nSPS) is 11.4. The maximum Gasteiger partial charge on any atom is 0.342 e. The Balaban J connectivity index is 1.93. The summed E-state index contributed by atoms with van der Waals surface area (Å²) in [6, 6.07) is 10.9. The number of ether oxygens (including phenoxy) is 2. The van der Waals surface area contributed by atoms with Crippen molar-refractivity contribution in [1.82, 2.24) is 0 Å². The number of fused-ring (bicyclic) bond motifs is 1. The largest absolute Gasteiger partial charge is 0.494 e. The highest BCUT2D eigenvalue weighted by Crippen LogP contribution is 2.30. The molecule has 0 aliphatic rings. The Bertz CT molecular complexity index is 1100. The Labute approximate surface area is 163 Å². The van der Waals surface area contributed by atoms with Gasteiger partial charge in [0.05, 0.1) is 18.1 Å². The zero-order valence-corrected chi connectivity index (χ0v) is 16.6. The van der Waals surface area contributed by atoms with E-state index in [2.05, 4.69) is 4.72 Å². The molecule has 0 unspecified atom stereocenters. The molecule has 0 aliphatic heterocycles. The van der Waals surface area contributed by atoms with Crippen LogP contribution in [0.4, 0.5) is 5.69 Å². The van der Waals surface area contributed by atoms with Crippen LogP contribution in [0.2, 0.25) is 0 Å². The van der Waals surface area contributed by atoms with E-state index in [4.69, 9.17) is 13.9 Å². The second-order valence-corrected chi connectivity index (χ2v) is 7.66.